The Balaban J connectivity index is 1.89. The molecule has 1 saturated heterocycles. The number of fused-ring (bicyclic) bond motifs is 1. The van der Waals surface area contributed by atoms with E-state index in [0.29, 0.717) is 22.8 Å². The second-order valence-electron chi connectivity index (χ2n) is 9.14. The van der Waals surface area contributed by atoms with E-state index in [1.165, 1.54) is 32.8 Å². The highest BCUT2D eigenvalue weighted by atomic mass is 16.6. The van der Waals surface area contributed by atoms with Gasteiger partial charge in [0, 0.05) is 5.57 Å². The van der Waals surface area contributed by atoms with Gasteiger partial charge in [-0.05, 0) is 54.8 Å². The summed E-state index contributed by atoms with van der Waals surface area (Å²) in [5.41, 5.74) is 1.09. The van der Waals surface area contributed by atoms with E-state index in [4.69, 9.17) is 14.7 Å². The molecule has 4 nitrogen and oxygen atoms in total. The molecule has 3 rings (SSSR count). The van der Waals surface area contributed by atoms with E-state index in [0.717, 1.165) is 19.4 Å². The first kappa shape index (κ1) is 18.5. The Morgan fingerprint density at radius 1 is 1.32 bits per heavy atom. The Labute approximate surface area is 151 Å². The number of nitriles is 1. The molecule has 0 amide bonds. The standard InChI is InChI=1S/C21H31NO3/c1-19(2)10-5-11-20(3)16(19)8-12-21(14-25-21)17(20)7-6-15(9-13-22)18(23)24-4/h6,16-17H,5,7-12,14H2,1-4H3/b15-6+/t16-,17+,20-,21-/m0/s1. The Morgan fingerprint density at radius 3 is 2.64 bits per heavy atom. The summed E-state index contributed by atoms with van der Waals surface area (Å²) in [6.45, 7) is 8.13. The number of nitrogens with zero attached hydrogens (tertiary/aromatic N) is 1. The van der Waals surface area contributed by atoms with Crippen molar-refractivity contribution in [2.24, 2.45) is 22.7 Å². The van der Waals surface area contributed by atoms with Crippen molar-refractivity contribution in [1.29, 1.82) is 5.26 Å². The third-order valence-electron chi connectivity index (χ3n) is 7.40. The first-order chi connectivity index (χ1) is 11.8. The minimum absolute atomic E-state index is 0.00302. The smallest absolute Gasteiger partial charge is 0.334 e. The second-order valence-corrected chi connectivity index (χ2v) is 9.14. The van der Waals surface area contributed by atoms with Crippen LogP contribution in [0.2, 0.25) is 0 Å². The molecule has 0 unspecified atom stereocenters. The lowest BCUT2D eigenvalue weighted by molar-refractivity contribution is -0.136. The summed E-state index contributed by atoms with van der Waals surface area (Å²) in [6, 6.07) is 2.09. The molecular weight excluding hydrogens is 314 g/mol. The second kappa shape index (κ2) is 6.43. The number of rotatable bonds is 4. The summed E-state index contributed by atoms with van der Waals surface area (Å²) in [7, 11) is 1.38. The molecule has 2 saturated carbocycles. The molecule has 1 heterocycles. The van der Waals surface area contributed by atoms with E-state index >= 15 is 0 Å². The number of allylic oxidation sites excluding steroid dienone is 1. The normalized spacial score (nSPS) is 39.4. The first-order valence-electron chi connectivity index (χ1n) is 9.57. The van der Waals surface area contributed by atoms with E-state index in [9.17, 15) is 4.79 Å². The first-order valence-corrected chi connectivity index (χ1v) is 9.57. The fraction of sp³-hybridized carbons (Fsp3) is 0.810. The predicted octanol–water partition coefficient (Wildman–Crippen LogP) is 4.40. The molecule has 0 aromatic rings. The van der Waals surface area contributed by atoms with Crippen LogP contribution in [0.25, 0.3) is 0 Å². The average Bonchev–Trinajstić information content (AvgIpc) is 3.31. The largest absolute Gasteiger partial charge is 0.466 e. The molecule has 4 atom stereocenters. The van der Waals surface area contributed by atoms with Crippen molar-refractivity contribution in [3.05, 3.63) is 11.6 Å². The van der Waals surface area contributed by atoms with Crippen molar-refractivity contribution in [3.63, 3.8) is 0 Å². The summed E-state index contributed by atoms with van der Waals surface area (Å²) in [4.78, 5) is 11.9. The van der Waals surface area contributed by atoms with E-state index < -0.39 is 0 Å². The molecular formula is C21H31NO3. The number of hydrogen-bond donors (Lipinski definition) is 0. The van der Waals surface area contributed by atoms with E-state index in [1.54, 1.807) is 0 Å². The maximum Gasteiger partial charge on any atom is 0.334 e. The molecule has 2 aliphatic carbocycles. The van der Waals surface area contributed by atoms with Crippen LogP contribution >= 0.6 is 0 Å². The van der Waals surface area contributed by atoms with Crippen LogP contribution in [-0.2, 0) is 14.3 Å². The van der Waals surface area contributed by atoms with Crippen molar-refractivity contribution in [3.8, 4) is 6.07 Å². The van der Waals surface area contributed by atoms with Crippen molar-refractivity contribution in [2.45, 2.75) is 71.3 Å². The number of hydrogen-bond acceptors (Lipinski definition) is 4. The number of esters is 1. The molecule has 25 heavy (non-hydrogen) atoms. The molecule has 3 aliphatic rings. The Hall–Kier alpha value is -1.34. The number of carbonyl (C=O) groups is 1. The summed E-state index contributed by atoms with van der Waals surface area (Å²) >= 11 is 0. The molecule has 4 heteroatoms. The molecule has 0 aromatic carbocycles. The lowest BCUT2D eigenvalue weighted by atomic mass is 9.46. The molecule has 138 valence electrons. The van der Waals surface area contributed by atoms with Crippen LogP contribution < -0.4 is 0 Å². The van der Waals surface area contributed by atoms with E-state index in [-0.39, 0.29) is 23.4 Å². The van der Waals surface area contributed by atoms with Gasteiger partial charge >= 0.3 is 5.97 Å². The Bertz CT molecular complexity index is 611. The van der Waals surface area contributed by atoms with Crippen LogP contribution in [0.5, 0.6) is 0 Å². The lowest BCUT2D eigenvalue weighted by Gasteiger charge is -2.59. The number of carbonyl (C=O) groups excluding carboxylic acids is 1. The van der Waals surface area contributed by atoms with Crippen LogP contribution in [-0.4, -0.2) is 25.3 Å². The predicted molar refractivity (Wildman–Crippen MR) is 95.6 cm³/mol. The van der Waals surface area contributed by atoms with Crippen LogP contribution in [0, 0.1) is 34.0 Å². The number of epoxide rings is 1. The van der Waals surface area contributed by atoms with Gasteiger partial charge in [-0.3, -0.25) is 0 Å². The van der Waals surface area contributed by atoms with Crippen LogP contribution in [0.15, 0.2) is 11.6 Å². The van der Waals surface area contributed by atoms with Gasteiger partial charge in [-0.15, -0.1) is 0 Å². The Morgan fingerprint density at radius 2 is 2.04 bits per heavy atom. The Kier molecular flexibility index (Phi) is 4.75. The van der Waals surface area contributed by atoms with Crippen molar-refractivity contribution in [2.75, 3.05) is 13.7 Å². The fourth-order valence-electron chi connectivity index (χ4n) is 6.09. The van der Waals surface area contributed by atoms with E-state index in [1.807, 2.05) is 6.08 Å². The van der Waals surface area contributed by atoms with Gasteiger partial charge in [-0.2, -0.15) is 5.26 Å². The van der Waals surface area contributed by atoms with Gasteiger partial charge in [0.25, 0.3) is 0 Å². The van der Waals surface area contributed by atoms with Crippen LogP contribution in [0.3, 0.4) is 0 Å². The van der Waals surface area contributed by atoms with Crippen LogP contribution in [0.4, 0.5) is 0 Å². The fourth-order valence-corrected chi connectivity index (χ4v) is 6.09. The highest BCUT2D eigenvalue weighted by molar-refractivity contribution is 5.88. The minimum atomic E-state index is -0.381. The molecule has 0 aromatic heterocycles. The third-order valence-corrected chi connectivity index (χ3v) is 7.40. The van der Waals surface area contributed by atoms with Gasteiger partial charge in [-0.25, -0.2) is 4.79 Å². The average molecular weight is 345 g/mol. The molecule has 1 spiro atoms. The SMILES string of the molecule is COC(=O)/C(=C/C[C@H]1[C@]2(CC[C@H]3C(C)(C)CCC[C@@]31C)CO2)CC#N. The molecule has 0 radical (unpaired) electrons. The monoisotopic (exact) mass is 345 g/mol. The number of ether oxygens (including phenoxy) is 2. The highest BCUT2D eigenvalue weighted by Gasteiger charge is 2.64. The summed E-state index contributed by atoms with van der Waals surface area (Å²) in [5.74, 6) is 0.727. The summed E-state index contributed by atoms with van der Waals surface area (Å²) in [5, 5.41) is 9.02. The maximum atomic E-state index is 11.9. The zero-order valence-electron chi connectivity index (χ0n) is 16.1. The lowest BCUT2D eigenvalue weighted by Crippen LogP contribution is -2.54. The molecule has 1 aliphatic heterocycles. The molecule has 0 N–H and O–H groups in total. The van der Waals surface area contributed by atoms with E-state index in [2.05, 4.69) is 26.8 Å². The van der Waals surface area contributed by atoms with Crippen molar-refractivity contribution < 1.29 is 14.3 Å². The molecule has 3 fully saturated rings. The number of methoxy groups -OCH3 is 1. The van der Waals surface area contributed by atoms with Gasteiger partial charge in [0.2, 0.25) is 0 Å². The summed E-state index contributed by atoms with van der Waals surface area (Å²) in [6.07, 6.45) is 9.03. The highest BCUT2D eigenvalue weighted by Crippen LogP contribution is 2.66. The van der Waals surface area contributed by atoms with Crippen molar-refractivity contribution in [1.82, 2.24) is 0 Å². The minimum Gasteiger partial charge on any atom is -0.466 e. The van der Waals surface area contributed by atoms with Gasteiger partial charge in [0.15, 0.2) is 0 Å². The van der Waals surface area contributed by atoms with Gasteiger partial charge in [0.05, 0.1) is 31.8 Å². The van der Waals surface area contributed by atoms with Gasteiger partial charge in [-0.1, -0.05) is 33.3 Å². The molecule has 0 bridgehead atoms. The van der Waals surface area contributed by atoms with Gasteiger partial charge < -0.3 is 9.47 Å². The summed E-state index contributed by atoms with van der Waals surface area (Å²) < 4.78 is 10.8. The quantitative estimate of drug-likeness (QED) is 0.430. The third kappa shape index (κ3) is 3.12. The van der Waals surface area contributed by atoms with Gasteiger partial charge in [0.1, 0.15) is 0 Å². The topological polar surface area (TPSA) is 62.6 Å². The maximum absolute atomic E-state index is 11.9. The zero-order chi connectivity index (χ0) is 18.3. The van der Waals surface area contributed by atoms with Crippen molar-refractivity contribution >= 4 is 5.97 Å². The zero-order valence-corrected chi connectivity index (χ0v) is 16.1. The van der Waals surface area contributed by atoms with Crippen LogP contribution in [0.1, 0.15) is 65.7 Å².